The molecule has 1 aliphatic rings. The van der Waals surface area contributed by atoms with Crippen LogP contribution in [0.1, 0.15) is 70.4 Å². The van der Waals surface area contributed by atoms with Crippen LogP contribution in [0.15, 0.2) is 24.3 Å². The number of hydrogen-bond donors (Lipinski definition) is 1. The largest absolute Gasteiger partial charge is 0.317 e. The van der Waals surface area contributed by atoms with Crippen molar-refractivity contribution < 1.29 is 0 Å². The topological polar surface area (TPSA) is 12.0 Å². The summed E-state index contributed by atoms with van der Waals surface area (Å²) in [6, 6.07) is 9.41. The third-order valence-electron chi connectivity index (χ3n) is 5.11. The Hall–Kier alpha value is -0.820. The van der Waals surface area contributed by atoms with Crippen LogP contribution in [-0.2, 0) is 6.42 Å². The first-order chi connectivity index (χ1) is 10.1. The minimum absolute atomic E-state index is 0.494. The van der Waals surface area contributed by atoms with E-state index in [-0.39, 0.29) is 0 Å². The standard InChI is InChI=1S/C20H33N/c1-5-8-16-9-7-10-17(13-16)19-14-20(3,4)12-11-18(19)15-21-6-2/h7,9-10,13,18-19,21H,5-6,8,11-12,14-15H2,1-4H3. The molecule has 2 atom stereocenters. The molecular weight excluding hydrogens is 254 g/mol. The van der Waals surface area contributed by atoms with E-state index in [1.54, 1.807) is 5.56 Å². The Bertz CT molecular complexity index is 435. The summed E-state index contributed by atoms with van der Waals surface area (Å²) < 4.78 is 0. The van der Waals surface area contributed by atoms with Crippen molar-refractivity contribution in [1.82, 2.24) is 5.32 Å². The normalized spacial score (nSPS) is 25.0. The molecule has 1 heteroatoms. The molecule has 0 amide bonds. The summed E-state index contributed by atoms with van der Waals surface area (Å²) in [6.07, 6.45) is 6.51. The van der Waals surface area contributed by atoms with Crippen LogP contribution in [0.25, 0.3) is 0 Å². The average molecular weight is 287 g/mol. The minimum Gasteiger partial charge on any atom is -0.317 e. The van der Waals surface area contributed by atoms with E-state index in [0.717, 1.165) is 18.4 Å². The second-order valence-corrected chi connectivity index (χ2v) is 7.58. The van der Waals surface area contributed by atoms with Gasteiger partial charge in [-0.25, -0.2) is 0 Å². The highest BCUT2D eigenvalue weighted by atomic mass is 14.8. The second-order valence-electron chi connectivity index (χ2n) is 7.58. The van der Waals surface area contributed by atoms with Crippen molar-refractivity contribution in [2.45, 2.75) is 65.7 Å². The third-order valence-corrected chi connectivity index (χ3v) is 5.11. The fourth-order valence-corrected chi connectivity index (χ4v) is 3.87. The van der Waals surface area contributed by atoms with E-state index < -0.39 is 0 Å². The zero-order chi connectivity index (χ0) is 15.3. The van der Waals surface area contributed by atoms with E-state index in [9.17, 15) is 0 Å². The van der Waals surface area contributed by atoms with Gasteiger partial charge in [0.1, 0.15) is 0 Å². The van der Waals surface area contributed by atoms with Gasteiger partial charge in [-0.2, -0.15) is 0 Å². The highest BCUT2D eigenvalue weighted by molar-refractivity contribution is 5.28. The molecule has 2 rings (SSSR count). The van der Waals surface area contributed by atoms with Crippen molar-refractivity contribution >= 4 is 0 Å². The van der Waals surface area contributed by atoms with E-state index in [4.69, 9.17) is 0 Å². The van der Waals surface area contributed by atoms with Crippen molar-refractivity contribution in [1.29, 1.82) is 0 Å². The average Bonchev–Trinajstić information content (AvgIpc) is 2.46. The molecular formula is C20H33N. The molecule has 1 aliphatic carbocycles. The van der Waals surface area contributed by atoms with E-state index in [0.29, 0.717) is 5.41 Å². The van der Waals surface area contributed by atoms with Crippen LogP contribution in [0, 0.1) is 11.3 Å². The molecule has 118 valence electrons. The molecule has 1 fully saturated rings. The third kappa shape index (κ3) is 4.57. The maximum absolute atomic E-state index is 3.58. The van der Waals surface area contributed by atoms with Gasteiger partial charge in [0.2, 0.25) is 0 Å². The molecule has 2 unspecified atom stereocenters. The Morgan fingerprint density at radius 3 is 2.76 bits per heavy atom. The smallest absolute Gasteiger partial charge is 0.00148 e. The van der Waals surface area contributed by atoms with Crippen LogP contribution >= 0.6 is 0 Å². The quantitative estimate of drug-likeness (QED) is 0.762. The molecule has 0 aliphatic heterocycles. The van der Waals surface area contributed by atoms with Crippen LogP contribution < -0.4 is 5.32 Å². The number of aryl methyl sites for hydroxylation is 1. The number of nitrogens with one attached hydrogen (secondary N) is 1. The van der Waals surface area contributed by atoms with Crippen molar-refractivity contribution in [2.24, 2.45) is 11.3 Å². The fourth-order valence-electron chi connectivity index (χ4n) is 3.87. The maximum atomic E-state index is 3.58. The molecule has 0 aromatic heterocycles. The molecule has 1 nitrogen and oxygen atoms in total. The highest BCUT2D eigenvalue weighted by Gasteiger charge is 2.35. The van der Waals surface area contributed by atoms with Gasteiger partial charge in [-0.3, -0.25) is 0 Å². The predicted octanol–water partition coefficient (Wildman–Crippen LogP) is 5.16. The maximum Gasteiger partial charge on any atom is -0.00148 e. The summed E-state index contributed by atoms with van der Waals surface area (Å²) in [6.45, 7) is 11.6. The SMILES string of the molecule is CCCc1cccc(C2CC(C)(C)CCC2CNCC)c1. The molecule has 1 saturated carbocycles. The molecule has 1 aromatic carbocycles. The van der Waals surface area contributed by atoms with Gasteiger partial charge in [0.15, 0.2) is 0 Å². The van der Waals surface area contributed by atoms with Gasteiger partial charge < -0.3 is 5.32 Å². The van der Waals surface area contributed by atoms with E-state index >= 15 is 0 Å². The van der Waals surface area contributed by atoms with Crippen molar-refractivity contribution in [2.75, 3.05) is 13.1 Å². The number of hydrogen-bond acceptors (Lipinski definition) is 1. The summed E-state index contributed by atoms with van der Waals surface area (Å²) in [7, 11) is 0. The monoisotopic (exact) mass is 287 g/mol. The molecule has 1 N–H and O–H groups in total. The lowest BCUT2D eigenvalue weighted by Gasteiger charge is -2.41. The van der Waals surface area contributed by atoms with Crippen LogP contribution in [0.4, 0.5) is 0 Å². The van der Waals surface area contributed by atoms with Crippen LogP contribution in [0.3, 0.4) is 0 Å². The number of rotatable bonds is 6. The first-order valence-electron chi connectivity index (χ1n) is 8.85. The van der Waals surface area contributed by atoms with Crippen LogP contribution in [0.2, 0.25) is 0 Å². The zero-order valence-corrected chi connectivity index (χ0v) is 14.4. The van der Waals surface area contributed by atoms with Gasteiger partial charge in [-0.1, -0.05) is 58.4 Å². The lowest BCUT2D eigenvalue weighted by molar-refractivity contribution is 0.160. The minimum atomic E-state index is 0.494. The molecule has 0 spiro atoms. The fraction of sp³-hybridized carbons (Fsp3) is 0.700. The predicted molar refractivity (Wildman–Crippen MR) is 92.8 cm³/mol. The summed E-state index contributed by atoms with van der Waals surface area (Å²) >= 11 is 0. The Labute approximate surface area is 131 Å². The molecule has 0 heterocycles. The van der Waals surface area contributed by atoms with Gasteiger partial charge in [-0.05, 0) is 67.2 Å². The van der Waals surface area contributed by atoms with Gasteiger partial charge in [0.05, 0.1) is 0 Å². The number of benzene rings is 1. The first-order valence-corrected chi connectivity index (χ1v) is 8.85. The Balaban J connectivity index is 2.19. The lowest BCUT2D eigenvalue weighted by Crippen LogP contribution is -2.34. The van der Waals surface area contributed by atoms with Crippen molar-refractivity contribution in [3.05, 3.63) is 35.4 Å². The summed E-state index contributed by atoms with van der Waals surface area (Å²) in [5.41, 5.74) is 3.59. The van der Waals surface area contributed by atoms with Crippen molar-refractivity contribution in [3.63, 3.8) is 0 Å². The highest BCUT2D eigenvalue weighted by Crippen LogP contribution is 2.46. The zero-order valence-electron chi connectivity index (χ0n) is 14.4. The van der Waals surface area contributed by atoms with Crippen LogP contribution in [0.5, 0.6) is 0 Å². The molecule has 1 aromatic rings. The van der Waals surface area contributed by atoms with Gasteiger partial charge in [-0.15, -0.1) is 0 Å². The molecule has 0 radical (unpaired) electrons. The molecule has 21 heavy (non-hydrogen) atoms. The molecule has 0 saturated heterocycles. The van der Waals surface area contributed by atoms with E-state index in [1.165, 1.54) is 44.2 Å². The van der Waals surface area contributed by atoms with Gasteiger partial charge in [0, 0.05) is 0 Å². The Morgan fingerprint density at radius 1 is 1.24 bits per heavy atom. The Kier molecular flexibility index (Phi) is 5.87. The molecule has 0 bridgehead atoms. The van der Waals surface area contributed by atoms with Gasteiger partial charge >= 0.3 is 0 Å². The summed E-state index contributed by atoms with van der Waals surface area (Å²) in [5.74, 6) is 1.53. The Morgan fingerprint density at radius 2 is 2.05 bits per heavy atom. The second kappa shape index (κ2) is 7.45. The lowest BCUT2D eigenvalue weighted by atomic mass is 9.65. The van der Waals surface area contributed by atoms with E-state index in [1.807, 2.05) is 0 Å². The van der Waals surface area contributed by atoms with Gasteiger partial charge in [0.25, 0.3) is 0 Å². The van der Waals surface area contributed by atoms with Crippen molar-refractivity contribution in [3.8, 4) is 0 Å². The summed E-state index contributed by atoms with van der Waals surface area (Å²) in [5, 5.41) is 3.58. The first kappa shape index (κ1) is 16.5. The summed E-state index contributed by atoms with van der Waals surface area (Å²) in [4.78, 5) is 0. The van der Waals surface area contributed by atoms with Crippen LogP contribution in [-0.4, -0.2) is 13.1 Å². The van der Waals surface area contributed by atoms with E-state index in [2.05, 4.69) is 57.3 Å².